The highest BCUT2D eigenvalue weighted by Gasteiger charge is 1.88. The Labute approximate surface area is 56.5 Å². The first-order chi connectivity index (χ1) is 3.68. The standard InChI is InChI=1S/C7H13Cl/c1-6(2)7(3)4-5-8/h4-5H2,1-3H3. The summed E-state index contributed by atoms with van der Waals surface area (Å²) in [7, 11) is 0. The molecular weight excluding hydrogens is 120 g/mol. The van der Waals surface area contributed by atoms with Crippen LogP contribution in [0.1, 0.15) is 27.2 Å². The van der Waals surface area contributed by atoms with Gasteiger partial charge >= 0.3 is 0 Å². The Morgan fingerprint density at radius 1 is 1.25 bits per heavy atom. The maximum atomic E-state index is 5.51. The van der Waals surface area contributed by atoms with Gasteiger partial charge in [-0.1, -0.05) is 11.1 Å². The first-order valence-corrected chi connectivity index (χ1v) is 3.41. The Hall–Kier alpha value is 0.0300. The summed E-state index contributed by atoms with van der Waals surface area (Å²) in [6.45, 7) is 6.35. The van der Waals surface area contributed by atoms with Gasteiger partial charge in [0.05, 0.1) is 0 Å². The van der Waals surface area contributed by atoms with Crippen molar-refractivity contribution in [1.29, 1.82) is 0 Å². The van der Waals surface area contributed by atoms with Crippen LogP contribution >= 0.6 is 11.6 Å². The van der Waals surface area contributed by atoms with Crippen LogP contribution < -0.4 is 0 Å². The third-order valence-electron chi connectivity index (χ3n) is 1.32. The average molecular weight is 133 g/mol. The van der Waals surface area contributed by atoms with Crippen molar-refractivity contribution < 1.29 is 0 Å². The SMILES string of the molecule is CC(C)=C(C)CCCl. The Morgan fingerprint density at radius 3 is 1.88 bits per heavy atom. The fourth-order valence-electron chi connectivity index (χ4n) is 0.392. The van der Waals surface area contributed by atoms with E-state index < -0.39 is 0 Å². The second-order valence-electron chi connectivity index (χ2n) is 2.22. The first kappa shape index (κ1) is 8.03. The molecule has 0 aromatic carbocycles. The summed E-state index contributed by atoms with van der Waals surface area (Å²) in [5, 5.41) is 0. The van der Waals surface area contributed by atoms with Crippen molar-refractivity contribution in [3.63, 3.8) is 0 Å². The molecular formula is C7H13Cl. The van der Waals surface area contributed by atoms with Gasteiger partial charge in [-0.25, -0.2) is 0 Å². The summed E-state index contributed by atoms with van der Waals surface area (Å²) < 4.78 is 0. The predicted molar refractivity (Wildman–Crippen MR) is 39.4 cm³/mol. The van der Waals surface area contributed by atoms with Gasteiger partial charge in [0.2, 0.25) is 0 Å². The van der Waals surface area contributed by atoms with Crippen LogP contribution in [0.4, 0.5) is 0 Å². The van der Waals surface area contributed by atoms with E-state index in [1.807, 2.05) is 0 Å². The molecule has 0 atom stereocenters. The highest BCUT2D eigenvalue weighted by molar-refractivity contribution is 6.17. The maximum Gasteiger partial charge on any atom is 0.0260 e. The van der Waals surface area contributed by atoms with Gasteiger partial charge in [-0.3, -0.25) is 0 Å². The molecule has 0 aromatic rings. The molecule has 0 saturated heterocycles. The fourth-order valence-corrected chi connectivity index (χ4v) is 0.675. The number of allylic oxidation sites excluding steroid dienone is 2. The molecule has 0 saturated carbocycles. The van der Waals surface area contributed by atoms with E-state index in [-0.39, 0.29) is 0 Å². The largest absolute Gasteiger partial charge is 0.126 e. The maximum absolute atomic E-state index is 5.51. The lowest BCUT2D eigenvalue weighted by atomic mass is 10.1. The summed E-state index contributed by atoms with van der Waals surface area (Å²) in [5.74, 6) is 0.747. The zero-order chi connectivity index (χ0) is 6.57. The van der Waals surface area contributed by atoms with Crippen LogP contribution in [0.5, 0.6) is 0 Å². The molecule has 8 heavy (non-hydrogen) atoms. The normalized spacial score (nSPS) is 9.00. The molecule has 0 aliphatic carbocycles. The third-order valence-corrected chi connectivity index (χ3v) is 1.51. The quantitative estimate of drug-likeness (QED) is 0.400. The van der Waals surface area contributed by atoms with Crippen LogP contribution in [0.3, 0.4) is 0 Å². The van der Waals surface area contributed by atoms with Crippen molar-refractivity contribution in [2.75, 3.05) is 5.88 Å². The molecule has 0 aliphatic heterocycles. The Balaban J connectivity index is 3.62. The summed E-state index contributed by atoms with van der Waals surface area (Å²) in [4.78, 5) is 0. The van der Waals surface area contributed by atoms with Gasteiger partial charge in [-0.2, -0.15) is 0 Å². The van der Waals surface area contributed by atoms with E-state index in [0.29, 0.717) is 0 Å². The molecule has 0 bridgehead atoms. The molecule has 0 amide bonds. The lowest BCUT2D eigenvalue weighted by Gasteiger charge is -1.97. The van der Waals surface area contributed by atoms with E-state index in [4.69, 9.17) is 11.6 Å². The van der Waals surface area contributed by atoms with Crippen LogP contribution in [0.2, 0.25) is 0 Å². The monoisotopic (exact) mass is 132 g/mol. The molecule has 0 aromatic heterocycles. The minimum absolute atomic E-state index is 0.747. The summed E-state index contributed by atoms with van der Waals surface area (Å²) in [6.07, 6.45) is 1.03. The van der Waals surface area contributed by atoms with Crippen LogP contribution in [-0.4, -0.2) is 5.88 Å². The second kappa shape index (κ2) is 3.96. The van der Waals surface area contributed by atoms with Gasteiger partial charge in [-0.15, -0.1) is 11.6 Å². The van der Waals surface area contributed by atoms with Crippen molar-refractivity contribution in [2.24, 2.45) is 0 Å². The molecule has 0 fully saturated rings. The smallest absolute Gasteiger partial charge is 0.0260 e. The van der Waals surface area contributed by atoms with Crippen LogP contribution in [-0.2, 0) is 0 Å². The number of hydrogen-bond donors (Lipinski definition) is 0. The van der Waals surface area contributed by atoms with Gasteiger partial charge in [-0.05, 0) is 27.2 Å². The highest BCUT2D eigenvalue weighted by Crippen LogP contribution is 2.06. The van der Waals surface area contributed by atoms with E-state index in [9.17, 15) is 0 Å². The number of alkyl halides is 1. The highest BCUT2D eigenvalue weighted by atomic mass is 35.5. The van der Waals surface area contributed by atoms with Gasteiger partial charge in [0.15, 0.2) is 0 Å². The van der Waals surface area contributed by atoms with Crippen molar-refractivity contribution in [2.45, 2.75) is 27.2 Å². The Kier molecular flexibility index (Phi) is 3.98. The molecule has 0 rings (SSSR count). The van der Waals surface area contributed by atoms with Gasteiger partial charge < -0.3 is 0 Å². The second-order valence-corrected chi connectivity index (χ2v) is 2.60. The van der Waals surface area contributed by atoms with Gasteiger partial charge in [0, 0.05) is 5.88 Å². The summed E-state index contributed by atoms with van der Waals surface area (Å²) in [5.41, 5.74) is 2.81. The minimum Gasteiger partial charge on any atom is -0.126 e. The van der Waals surface area contributed by atoms with Crippen LogP contribution in [0.15, 0.2) is 11.1 Å². The van der Waals surface area contributed by atoms with E-state index >= 15 is 0 Å². The molecule has 0 aliphatic rings. The van der Waals surface area contributed by atoms with Gasteiger partial charge in [0.25, 0.3) is 0 Å². The Morgan fingerprint density at radius 2 is 1.75 bits per heavy atom. The zero-order valence-electron chi connectivity index (χ0n) is 5.79. The average Bonchev–Trinajstić information content (AvgIpc) is 1.67. The van der Waals surface area contributed by atoms with Crippen LogP contribution in [0, 0.1) is 0 Å². The molecule has 0 heterocycles. The molecule has 48 valence electrons. The summed E-state index contributed by atoms with van der Waals surface area (Å²) >= 11 is 5.51. The zero-order valence-corrected chi connectivity index (χ0v) is 6.55. The number of halogens is 1. The van der Waals surface area contributed by atoms with Crippen molar-refractivity contribution in [3.05, 3.63) is 11.1 Å². The molecule has 1 heteroatoms. The molecule has 0 radical (unpaired) electrons. The van der Waals surface area contributed by atoms with Crippen molar-refractivity contribution in [1.82, 2.24) is 0 Å². The van der Waals surface area contributed by atoms with E-state index in [2.05, 4.69) is 20.8 Å². The minimum atomic E-state index is 0.747. The van der Waals surface area contributed by atoms with Crippen molar-refractivity contribution in [3.8, 4) is 0 Å². The molecule has 0 unspecified atom stereocenters. The predicted octanol–water partition coefficient (Wildman–Crippen LogP) is 2.97. The number of hydrogen-bond acceptors (Lipinski definition) is 0. The van der Waals surface area contributed by atoms with E-state index in [0.717, 1.165) is 12.3 Å². The third kappa shape index (κ3) is 3.09. The van der Waals surface area contributed by atoms with Crippen molar-refractivity contribution >= 4 is 11.6 Å². The number of rotatable bonds is 2. The van der Waals surface area contributed by atoms with E-state index in [1.165, 1.54) is 11.1 Å². The lowest BCUT2D eigenvalue weighted by molar-refractivity contribution is 1.06. The van der Waals surface area contributed by atoms with E-state index in [1.54, 1.807) is 0 Å². The first-order valence-electron chi connectivity index (χ1n) is 2.87. The molecule has 0 N–H and O–H groups in total. The Bertz CT molecular complexity index is 88.6. The fraction of sp³-hybridized carbons (Fsp3) is 0.714. The topological polar surface area (TPSA) is 0 Å². The molecule has 0 nitrogen and oxygen atoms in total. The van der Waals surface area contributed by atoms with Crippen LogP contribution in [0.25, 0.3) is 0 Å². The van der Waals surface area contributed by atoms with Gasteiger partial charge in [0.1, 0.15) is 0 Å². The summed E-state index contributed by atoms with van der Waals surface area (Å²) in [6, 6.07) is 0. The lowest BCUT2D eigenvalue weighted by Crippen LogP contribution is -1.80. The molecule has 0 spiro atoms.